The highest BCUT2D eigenvalue weighted by Crippen LogP contribution is 2.47. The van der Waals surface area contributed by atoms with Gasteiger partial charge in [0.1, 0.15) is 5.69 Å². The van der Waals surface area contributed by atoms with E-state index in [9.17, 15) is 22.8 Å². The lowest BCUT2D eigenvalue weighted by Gasteiger charge is -2.19. The number of benzene rings is 1. The molecule has 0 bridgehead atoms. The number of nitrogens with one attached hydrogen (secondary N) is 1. The van der Waals surface area contributed by atoms with Crippen LogP contribution in [0.25, 0.3) is 11.3 Å². The lowest BCUT2D eigenvalue weighted by molar-refractivity contribution is -0.118. The molecule has 4 heterocycles. The van der Waals surface area contributed by atoms with E-state index in [1.807, 2.05) is 13.8 Å². The van der Waals surface area contributed by atoms with E-state index in [1.54, 1.807) is 22.0 Å². The molecule has 41 heavy (non-hydrogen) atoms. The molecule has 3 aromatic heterocycles. The molecule has 1 unspecified atom stereocenters. The van der Waals surface area contributed by atoms with Crippen LogP contribution in [0.2, 0.25) is 5.02 Å². The van der Waals surface area contributed by atoms with E-state index in [-0.39, 0.29) is 34.3 Å². The Bertz CT molecular complexity index is 1700. The van der Waals surface area contributed by atoms with Crippen molar-refractivity contribution in [3.8, 4) is 11.3 Å². The maximum absolute atomic E-state index is 14.7. The number of fused-ring (bicyclic) bond motifs is 1. The monoisotopic (exact) mass is 582 g/mol. The van der Waals surface area contributed by atoms with E-state index >= 15 is 0 Å². The van der Waals surface area contributed by atoms with Crippen LogP contribution in [0.5, 0.6) is 0 Å². The summed E-state index contributed by atoms with van der Waals surface area (Å²) in [5, 5.41) is 6.58. The number of anilines is 2. The predicted molar refractivity (Wildman–Crippen MR) is 142 cm³/mol. The van der Waals surface area contributed by atoms with Gasteiger partial charge in [0.05, 0.1) is 58.6 Å². The van der Waals surface area contributed by atoms with Crippen LogP contribution in [0, 0.1) is 24.6 Å². The van der Waals surface area contributed by atoms with Crippen LogP contribution in [-0.4, -0.2) is 48.1 Å². The number of carbonyl (C=O) groups is 2. The minimum atomic E-state index is -3.00. The Balaban J connectivity index is 1.18. The van der Waals surface area contributed by atoms with Crippen LogP contribution in [0.3, 0.4) is 0 Å². The minimum Gasteiger partial charge on any atom is -0.318 e. The van der Waals surface area contributed by atoms with Crippen molar-refractivity contribution in [3.63, 3.8) is 0 Å². The molecule has 210 valence electrons. The standard InChI is InChI=1S/C27H22ClF3N8O2/c1-12-24(33-9-21(35-12)38-10-14-5-17(14)27(38)41)13(2)39-11-15(6-34-39)36-26(40)20-8-32-7-19(37-20)22-16(25(30)31)3-4-18(28)23(22)29/h3-4,6-9,11,13-14,17,25H,5,10H2,1-2H3,(H,36,40)/t13?,14-,17-/m1/s1. The van der Waals surface area contributed by atoms with Crippen molar-refractivity contribution in [2.24, 2.45) is 11.8 Å². The van der Waals surface area contributed by atoms with E-state index in [1.165, 1.54) is 6.20 Å². The average molecular weight is 583 g/mol. The number of hydrogen-bond donors (Lipinski definition) is 1. The molecule has 4 aromatic rings. The number of halogens is 4. The fourth-order valence-corrected chi connectivity index (χ4v) is 5.20. The summed E-state index contributed by atoms with van der Waals surface area (Å²) in [5.41, 5.74) is -0.0256. The quantitative estimate of drug-likeness (QED) is 0.325. The normalized spacial score (nSPS) is 18.5. The summed E-state index contributed by atoms with van der Waals surface area (Å²) < 4.78 is 43.4. The molecule has 0 spiro atoms. The van der Waals surface area contributed by atoms with E-state index in [4.69, 9.17) is 11.6 Å². The van der Waals surface area contributed by atoms with Crippen molar-refractivity contribution in [2.45, 2.75) is 32.7 Å². The second-order valence-corrected chi connectivity index (χ2v) is 10.4. The number of aryl methyl sites for hydroxylation is 1. The van der Waals surface area contributed by atoms with Gasteiger partial charge in [0.2, 0.25) is 5.91 Å². The SMILES string of the molecule is Cc1nc(N2C[C@H]3C[C@H]3C2=O)cnc1C(C)n1cc(NC(=O)c2cncc(-c3c(C(F)F)ccc(Cl)c3F)n2)cn1. The highest BCUT2D eigenvalue weighted by molar-refractivity contribution is 6.31. The summed E-state index contributed by atoms with van der Waals surface area (Å²) >= 11 is 5.80. The summed E-state index contributed by atoms with van der Waals surface area (Å²) in [6.45, 7) is 4.34. The fraction of sp³-hybridized carbons (Fsp3) is 0.296. The Morgan fingerprint density at radius 2 is 1.98 bits per heavy atom. The van der Waals surface area contributed by atoms with Crippen LogP contribution < -0.4 is 10.2 Å². The summed E-state index contributed by atoms with van der Waals surface area (Å²) in [4.78, 5) is 44.1. The first-order valence-electron chi connectivity index (χ1n) is 12.7. The molecule has 1 aliphatic carbocycles. The second kappa shape index (κ2) is 10.2. The maximum atomic E-state index is 14.7. The van der Waals surface area contributed by atoms with E-state index < -0.39 is 29.3 Å². The van der Waals surface area contributed by atoms with Gasteiger partial charge in [-0.3, -0.25) is 29.1 Å². The van der Waals surface area contributed by atoms with E-state index in [2.05, 4.69) is 30.4 Å². The lowest BCUT2D eigenvalue weighted by atomic mass is 10.0. The molecule has 1 N–H and O–H groups in total. The highest BCUT2D eigenvalue weighted by atomic mass is 35.5. The predicted octanol–water partition coefficient (Wildman–Crippen LogP) is 5.01. The number of nitrogens with zero attached hydrogens (tertiary/aromatic N) is 7. The Morgan fingerprint density at radius 3 is 2.68 bits per heavy atom. The number of carbonyl (C=O) groups excluding carboxylic acids is 2. The molecule has 14 heteroatoms. The van der Waals surface area contributed by atoms with Gasteiger partial charge < -0.3 is 5.32 Å². The summed E-state index contributed by atoms with van der Waals surface area (Å²) in [6, 6.07) is 1.68. The third-order valence-electron chi connectivity index (χ3n) is 7.31. The zero-order valence-corrected chi connectivity index (χ0v) is 22.5. The zero-order valence-electron chi connectivity index (χ0n) is 21.7. The molecule has 1 saturated heterocycles. The Morgan fingerprint density at radius 1 is 1.17 bits per heavy atom. The Hall–Kier alpha value is -4.39. The maximum Gasteiger partial charge on any atom is 0.275 e. The molecule has 6 rings (SSSR count). The van der Waals surface area contributed by atoms with Crippen molar-refractivity contribution < 1.29 is 22.8 Å². The number of amides is 2. The van der Waals surface area contributed by atoms with Crippen LogP contribution in [0.4, 0.5) is 24.7 Å². The second-order valence-electron chi connectivity index (χ2n) is 10.0. The van der Waals surface area contributed by atoms with E-state index in [0.717, 1.165) is 30.9 Å². The van der Waals surface area contributed by atoms with Crippen LogP contribution in [0.15, 0.2) is 43.1 Å². The van der Waals surface area contributed by atoms with Crippen molar-refractivity contribution in [3.05, 3.63) is 76.6 Å². The van der Waals surface area contributed by atoms with Gasteiger partial charge in [-0.1, -0.05) is 17.7 Å². The molecule has 2 amide bonds. The summed E-state index contributed by atoms with van der Waals surface area (Å²) in [6.07, 6.45) is 4.75. The smallest absolute Gasteiger partial charge is 0.275 e. The third-order valence-corrected chi connectivity index (χ3v) is 7.60. The van der Waals surface area contributed by atoms with E-state index in [0.29, 0.717) is 35.4 Å². The molecule has 10 nitrogen and oxygen atoms in total. The number of piperidine rings is 1. The van der Waals surface area contributed by atoms with Gasteiger partial charge in [-0.2, -0.15) is 5.10 Å². The molecular formula is C27H22ClF3N8O2. The summed E-state index contributed by atoms with van der Waals surface area (Å²) in [5.74, 6) is -0.620. The Kier molecular flexibility index (Phi) is 6.68. The number of aromatic nitrogens is 6. The molecule has 1 aromatic carbocycles. The van der Waals surface area contributed by atoms with Gasteiger partial charge in [0.25, 0.3) is 12.3 Å². The van der Waals surface area contributed by atoms with Gasteiger partial charge >= 0.3 is 0 Å². The van der Waals surface area contributed by atoms with Gasteiger partial charge in [0.15, 0.2) is 11.6 Å². The first-order valence-corrected chi connectivity index (χ1v) is 13.1. The van der Waals surface area contributed by atoms with Crippen LogP contribution in [0.1, 0.15) is 53.3 Å². The van der Waals surface area contributed by atoms with Crippen molar-refractivity contribution in [1.82, 2.24) is 29.7 Å². The van der Waals surface area contributed by atoms with Crippen molar-refractivity contribution >= 4 is 34.9 Å². The minimum absolute atomic E-state index is 0.0966. The molecule has 3 atom stereocenters. The zero-order chi connectivity index (χ0) is 29.0. The fourth-order valence-electron chi connectivity index (χ4n) is 5.04. The first-order chi connectivity index (χ1) is 19.6. The van der Waals surface area contributed by atoms with Crippen molar-refractivity contribution in [1.29, 1.82) is 0 Å². The molecule has 1 saturated carbocycles. The highest BCUT2D eigenvalue weighted by Gasteiger charge is 2.53. The number of alkyl halides is 2. The van der Waals surface area contributed by atoms with Gasteiger partial charge in [-0.05, 0) is 32.3 Å². The molecule has 2 aliphatic rings. The molecule has 0 radical (unpaired) electrons. The number of hydrogen-bond acceptors (Lipinski definition) is 7. The van der Waals surface area contributed by atoms with Gasteiger partial charge in [0, 0.05) is 29.8 Å². The average Bonchev–Trinajstić information content (AvgIpc) is 3.45. The topological polar surface area (TPSA) is 119 Å². The van der Waals surface area contributed by atoms with Crippen LogP contribution in [-0.2, 0) is 4.79 Å². The Labute approximate surface area is 236 Å². The molecule has 2 fully saturated rings. The summed E-state index contributed by atoms with van der Waals surface area (Å²) in [7, 11) is 0. The van der Waals surface area contributed by atoms with Gasteiger partial charge in [-0.15, -0.1) is 0 Å². The third kappa shape index (κ3) is 4.90. The largest absolute Gasteiger partial charge is 0.318 e. The lowest BCUT2D eigenvalue weighted by Crippen LogP contribution is -2.29. The molecular weight excluding hydrogens is 561 g/mol. The first kappa shape index (κ1) is 26.8. The van der Waals surface area contributed by atoms with Crippen molar-refractivity contribution in [2.75, 3.05) is 16.8 Å². The van der Waals surface area contributed by atoms with Gasteiger partial charge in [-0.25, -0.2) is 23.1 Å². The van der Waals surface area contributed by atoms with Crippen LogP contribution >= 0.6 is 11.6 Å². The number of rotatable bonds is 7. The molecule has 1 aliphatic heterocycles.